The van der Waals surface area contributed by atoms with Crippen molar-refractivity contribution in [2.45, 2.75) is 19.6 Å². The van der Waals surface area contributed by atoms with E-state index in [0.29, 0.717) is 19.8 Å². The smallest absolute Gasteiger partial charge is 0.324 e. The molecule has 20 heavy (non-hydrogen) atoms. The number of rotatable bonds is 9. The van der Waals surface area contributed by atoms with Crippen molar-refractivity contribution < 1.29 is 14.1 Å². The Morgan fingerprint density at radius 1 is 1.50 bits per heavy atom. The first-order valence-corrected chi connectivity index (χ1v) is 7.16. The number of thiophene rings is 1. The fourth-order valence-electron chi connectivity index (χ4n) is 1.65. The SMILES string of the molecule is O=[N+]([O-])c1cc(CNCCCOCc2ccco2)cs1. The van der Waals surface area contributed by atoms with E-state index in [-0.39, 0.29) is 9.92 Å². The average molecular weight is 296 g/mol. The molecule has 1 N–H and O–H groups in total. The number of nitro groups is 1. The van der Waals surface area contributed by atoms with E-state index in [1.165, 1.54) is 0 Å². The van der Waals surface area contributed by atoms with Crippen LogP contribution in [0.5, 0.6) is 0 Å². The highest BCUT2D eigenvalue weighted by Gasteiger charge is 2.08. The molecule has 0 saturated heterocycles. The number of ether oxygens (including phenoxy) is 1. The van der Waals surface area contributed by atoms with Crippen LogP contribution in [0.15, 0.2) is 34.3 Å². The molecule has 0 aliphatic heterocycles. The van der Waals surface area contributed by atoms with Crippen LogP contribution < -0.4 is 5.32 Å². The predicted molar refractivity (Wildman–Crippen MR) is 75.7 cm³/mol. The minimum absolute atomic E-state index is 0.184. The molecule has 0 unspecified atom stereocenters. The first-order chi connectivity index (χ1) is 9.75. The molecule has 2 rings (SSSR count). The summed E-state index contributed by atoms with van der Waals surface area (Å²) >= 11 is 1.15. The molecule has 2 heterocycles. The van der Waals surface area contributed by atoms with Crippen molar-refractivity contribution in [1.29, 1.82) is 0 Å². The fraction of sp³-hybridized carbons (Fsp3) is 0.385. The summed E-state index contributed by atoms with van der Waals surface area (Å²) in [5.41, 5.74) is 0.943. The van der Waals surface area contributed by atoms with Gasteiger partial charge in [0.25, 0.3) is 0 Å². The molecule has 0 fully saturated rings. The molecule has 2 aromatic heterocycles. The lowest BCUT2D eigenvalue weighted by atomic mass is 10.3. The second-order valence-electron chi connectivity index (χ2n) is 4.21. The van der Waals surface area contributed by atoms with Crippen molar-refractivity contribution >= 4 is 16.3 Å². The van der Waals surface area contributed by atoms with Crippen LogP contribution in [0.4, 0.5) is 5.00 Å². The number of furan rings is 1. The Bertz CT molecular complexity index is 524. The second kappa shape index (κ2) is 7.78. The third-order valence-electron chi connectivity index (χ3n) is 2.62. The lowest BCUT2D eigenvalue weighted by molar-refractivity contribution is -0.380. The van der Waals surface area contributed by atoms with E-state index in [1.54, 1.807) is 17.7 Å². The molecule has 6 nitrogen and oxygen atoms in total. The van der Waals surface area contributed by atoms with Crippen molar-refractivity contribution in [3.05, 3.63) is 51.3 Å². The number of hydrogen-bond donors (Lipinski definition) is 1. The topological polar surface area (TPSA) is 77.5 Å². The van der Waals surface area contributed by atoms with Crippen molar-refractivity contribution in [2.24, 2.45) is 0 Å². The third-order valence-corrected chi connectivity index (χ3v) is 3.54. The highest BCUT2D eigenvalue weighted by Crippen LogP contribution is 2.22. The largest absolute Gasteiger partial charge is 0.467 e. The van der Waals surface area contributed by atoms with Crippen LogP contribution in [0, 0.1) is 10.1 Å². The average Bonchev–Trinajstić information content (AvgIpc) is 3.08. The van der Waals surface area contributed by atoms with E-state index in [2.05, 4.69) is 5.32 Å². The van der Waals surface area contributed by atoms with Gasteiger partial charge < -0.3 is 14.5 Å². The Labute approximate surface area is 120 Å². The summed E-state index contributed by atoms with van der Waals surface area (Å²) < 4.78 is 10.6. The summed E-state index contributed by atoms with van der Waals surface area (Å²) in [5, 5.41) is 15.7. The van der Waals surface area contributed by atoms with E-state index in [9.17, 15) is 10.1 Å². The first-order valence-electron chi connectivity index (χ1n) is 6.28. The Morgan fingerprint density at radius 3 is 3.10 bits per heavy atom. The van der Waals surface area contributed by atoms with E-state index in [0.717, 1.165) is 35.6 Å². The zero-order chi connectivity index (χ0) is 14.2. The van der Waals surface area contributed by atoms with Gasteiger partial charge >= 0.3 is 5.00 Å². The van der Waals surface area contributed by atoms with Crippen molar-refractivity contribution in [3.63, 3.8) is 0 Å². The molecule has 0 radical (unpaired) electrons. The van der Waals surface area contributed by atoms with Crippen molar-refractivity contribution in [2.75, 3.05) is 13.2 Å². The quantitative estimate of drug-likeness (QED) is 0.437. The molecule has 0 aromatic carbocycles. The minimum Gasteiger partial charge on any atom is -0.467 e. The Balaban J connectivity index is 1.52. The van der Waals surface area contributed by atoms with Gasteiger partial charge in [-0.05, 0) is 30.7 Å². The van der Waals surface area contributed by atoms with Gasteiger partial charge in [-0.2, -0.15) is 0 Å². The van der Waals surface area contributed by atoms with E-state index in [4.69, 9.17) is 9.15 Å². The molecular weight excluding hydrogens is 280 g/mol. The lowest BCUT2D eigenvalue weighted by Crippen LogP contribution is -2.15. The zero-order valence-corrected chi connectivity index (χ0v) is 11.7. The summed E-state index contributed by atoms with van der Waals surface area (Å²) in [6, 6.07) is 5.31. The summed E-state index contributed by atoms with van der Waals surface area (Å²) in [7, 11) is 0. The lowest BCUT2D eigenvalue weighted by Gasteiger charge is -2.04. The molecule has 2 aromatic rings. The molecule has 0 saturated carbocycles. The standard InChI is InChI=1S/C13H16N2O4S/c16-15(17)13-7-11(10-20-13)8-14-4-2-5-18-9-12-3-1-6-19-12/h1,3,6-7,10,14H,2,4-5,8-9H2. The van der Waals surface area contributed by atoms with Crippen LogP contribution >= 0.6 is 11.3 Å². The second-order valence-corrected chi connectivity index (χ2v) is 5.10. The molecule has 0 aliphatic carbocycles. The Hall–Kier alpha value is -1.70. The fourth-order valence-corrected chi connectivity index (χ4v) is 2.38. The maximum Gasteiger partial charge on any atom is 0.324 e. The monoisotopic (exact) mass is 296 g/mol. The van der Waals surface area contributed by atoms with Gasteiger partial charge in [0.1, 0.15) is 12.4 Å². The highest BCUT2D eigenvalue weighted by atomic mass is 32.1. The number of hydrogen-bond acceptors (Lipinski definition) is 6. The maximum atomic E-state index is 10.5. The molecule has 108 valence electrons. The normalized spacial score (nSPS) is 10.8. The maximum absolute atomic E-state index is 10.5. The zero-order valence-electron chi connectivity index (χ0n) is 10.9. The minimum atomic E-state index is -0.364. The van der Waals surface area contributed by atoms with E-state index >= 15 is 0 Å². The van der Waals surface area contributed by atoms with Crippen LogP contribution in [-0.4, -0.2) is 18.1 Å². The van der Waals surface area contributed by atoms with E-state index < -0.39 is 0 Å². The summed E-state index contributed by atoms with van der Waals surface area (Å²) in [5.74, 6) is 0.823. The summed E-state index contributed by atoms with van der Waals surface area (Å²) in [6.45, 7) is 2.59. The van der Waals surface area contributed by atoms with Crippen LogP contribution in [0.2, 0.25) is 0 Å². The summed E-state index contributed by atoms with van der Waals surface area (Å²) in [4.78, 5) is 10.2. The van der Waals surface area contributed by atoms with Gasteiger partial charge in [-0.3, -0.25) is 10.1 Å². The van der Waals surface area contributed by atoms with Gasteiger partial charge in [0.15, 0.2) is 0 Å². The Kier molecular flexibility index (Phi) is 5.72. The molecule has 0 atom stereocenters. The van der Waals surface area contributed by atoms with Gasteiger partial charge in [-0.15, -0.1) is 0 Å². The molecule has 0 spiro atoms. The van der Waals surface area contributed by atoms with Gasteiger partial charge in [-0.25, -0.2) is 0 Å². The van der Waals surface area contributed by atoms with Crippen LogP contribution in [0.25, 0.3) is 0 Å². The first kappa shape index (κ1) is 14.7. The van der Waals surface area contributed by atoms with Crippen molar-refractivity contribution in [3.8, 4) is 0 Å². The molecule has 7 heteroatoms. The number of nitrogens with zero attached hydrogens (tertiary/aromatic N) is 1. The van der Waals surface area contributed by atoms with Crippen LogP contribution in [-0.2, 0) is 17.9 Å². The van der Waals surface area contributed by atoms with Crippen molar-refractivity contribution in [1.82, 2.24) is 5.32 Å². The van der Waals surface area contributed by atoms with Gasteiger partial charge in [0.2, 0.25) is 0 Å². The molecule has 0 bridgehead atoms. The highest BCUT2D eigenvalue weighted by molar-refractivity contribution is 7.13. The third kappa shape index (κ3) is 4.76. The Morgan fingerprint density at radius 2 is 2.40 bits per heavy atom. The predicted octanol–water partition coefficient (Wildman–Crippen LogP) is 2.95. The summed E-state index contributed by atoms with van der Waals surface area (Å²) in [6.07, 6.45) is 2.51. The van der Waals surface area contributed by atoms with Crippen LogP contribution in [0.3, 0.4) is 0 Å². The molecule has 0 aliphatic rings. The molecule has 0 amide bonds. The number of nitrogens with one attached hydrogen (secondary N) is 1. The molecular formula is C13H16N2O4S. The van der Waals surface area contributed by atoms with Crippen LogP contribution in [0.1, 0.15) is 17.7 Å². The van der Waals surface area contributed by atoms with E-state index in [1.807, 2.05) is 12.1 Å². The van der Waals surface area contributed by atoms with Gasteiger partial charge in [0, 0.05) is 24.6 Å². The van der Waals surface area contributed by atoms with Gasteiger partial charge in [-0.1, -0.05) is 11.3 Å². The van der Waals surface area contributed by atoms with Gasteiger partial charge in [0.05, 0.1) is 11.2 Å².